The van der Waals surface area contributed by atoms with Gasteiger partial charge in [-0.15, -0.1) is 0 Å². The van der Waals surface area contributed by atoms with Crippen LogP contribution in [0.1, 0.15) is 24.8 Å². The molecule has 0 aliphatic carbocycles. The summed E-state index contributed by atoms with van der Waals surface area (Å²) in [6.07, 6.45) is 2.53. The zero-order valence-electron chi connectivity index (χ0n) is 25.6. The average molecular weight is 601 g/mol. The molecule has 0 spiro atoms. The van der Waals surface area contributed by atoms with E-state index in [2.05, 4.69) is 53.4 Å². The van der Waals surface area contributed by atoms with Crippen molar-refractivity contribution in [2.24, 2.45) is 0 Å². The minimum atomic E-state index is -0.287. The summed E-state index contributed by atoms with van der Waals surface area (Å²) >= 11 is 0. The standard InChI is InChI=1S/C35H36N8O2/c1-23-9-6-12-24-13-7-15-28(29(23)24)43-32(25-10-4-3-5-11-25)38-30-31(34(43)44)39-35(45-22-27-14-8-19-41(27)2)40-33(30)42-20-18-37-26(21-42)16-17-36/h3-7,9-13,15,26-27,37H,8,14,16,18-22H2,1-2H3. The summed E-state index contributed by atoms with van der Waals surface area (Å²) < 4.78 is 7.93. The van der Waals surface area contributed by atoms with Crippen molar-refractivity contribution in [1.29, 1.82) is 5.26 Å². The van der Waals surface area contributed by atoms with Gasteiger partial charge in [0.25, 0.3) is 5.56 Å². The molecule has 7 rings (SSSR count). The molecule has 0 bridgehead atoms. The molecule has 2 atom stereocenters. The second kappa shape index (κ2) is 12.3. The smallest absolute Gasteiger partial charge is 0.319 e. The van der Waals surface area contributed by atoms with Crippen molar-refractivity contribution in [1.82, 2.24) is 29.7 Å². The molecular formula is C35H36N8O2. The van der Waals surface area contributed by atoms with Gasteiger partial charge in [0.05, 0.1) is 18.2 Å². The number of likely N-dealkylation sites (N-methyl/N-ethyl adjacent to an activating group) is 1. The predicted molar refractivity (Wildman–Crippen MR) is 176 cm³/mol. The maximum atomic E-state index is 14.8. The van der Waals surface area contributed by atoms with Crippen molar-refractivity contribution in [3.8, 4) is 29.2 Å². The van der Waals surface area contributed by atoms with Gasteiger partial charge in [0.15, 0.2) is 11.3 Å². The summed E-state index contributed by atoms with van der Waals surface area (Å²) in [4.78, 5) is 34.1. The topological polar surface area (TPSA) is 112 Å². The number of hydrogen-bond donors (Lipinski definition) is 1. The summed E-state index contributed by atoms with van der Waals surface area (Å²) in [5.41, 5.74) is 2.96. The van der Waals surface area contributed by atoms with E-state index in [-0.39, 0.29) is 29.2 Å². The minimum Gasteiger partial charge on any atom is -0.462 e. The van der Waals surface area contributed by atoms with Crippen LogP contribution in [0.4, 0.5) is 5.82 Å². The Hall–Kier alpha value is -4.85. The first kappa shape index (κ1) is 28.9. The maximum Gasteiger partial charge on any atom is 0.319 e. The zero-order valence-corrected chi connectivity index (χ0v) is 25.6. The second-order valence-electron chi connectivity index (χ2n) is 12.0. The van der Waals surface area contributed by atoms with Crippen molar-refractivity contribution >= 4 is 27.6 Å². The summed E-state index contributed by atoms with van der Waals surface area (Å²) in [6, 6.07) is 24.6. The molecule has 5 aromatic rings. The molecule has 228 valence electrons. The Morgan fingerprint density at radius 2 is 1.82 bits per heavy atom. The van der Waals surface area contributed by atoms with Crippen LogP contribution in [0.2, 0.25) is 0 Å². The molecule has 2 aliphatic heterocycles. The van der Waals surface area contributed by atoms with E-state index in [1.165, 1.54) is 0 Å². The monoisotopic (exact) mass is 600 g/mol. The SMILES string of the molecule is Cc1cccc2cccc(-n3c(-c4ccccc4)nc4c(N5CCNC(CC#N)C5)nc(OCC5CCCN5C)nc4c3=O)c12. The average Bonchev–Trinajstić information content (AvgIpc) is 3.48. The number of nitrogens with one attached hydrogen (secondary N) is 1. The Kier molecular flexibility index (Phi) is 7.88. The van der Waals surface area contributed by atoms with Gasteiger partial charge in [0.1, 0.15) is 17.9 Å². The van der Waals surface area contributed by atoms with Crippen molar-refractivity contribution in [2.45, 2.75) is 38.3 Å². The molecule has 2 saturated heterocycles. The molecule has 10 heteroatoms. The lowest BCUT2D eigenvalue weighted by Gasteiger charge is -2.34. The lowest BCUT2D eigenvalue weighted by molar-refractivity contribution is 0.188. The predicted octanol–water partition coefficient (Wildman–Crippen LogP) is 4.47. The number of benzene rings is 3. The van der Waals surface area contributed by atoms with Gasteiger partial charge in [0, 0.05) is 42.7 Å². The van der Waals surface area contributed by atoms with Crippen LogP contribution < -0.4 is 20.5 Å². The van der Waals surface area contributed by atoms with Crippen LogP contribution in [0.5, 0.6) is 6.01 Å². The van der Waals surface area contributed by atoms with E-state index < -0.39 is 0 Å². The Balaban J connectivity index is 1.48. The van der Waals surface area contributed by atoms with E-state index in [1.54, 1.807) is 4.57 Å². The van der Waals surface area contributed by atoms with Gasteiger partial charge in [-0.3, -0.25) is 9.36 Å². The molecule has 45 heavy (non-hydrogen) atoms. The largest absolute Gasteiger partial charge is 0.462 e. The number of anilines is 1. The Morgan fingerprint density at radius 1 is 1.00 bits per heavy atom. The van der Waals surface area contributed by atoms with E-state index in [9.17, 15) is 10.1 Å². The van der Waals surface area contributed by atoms with Crippen LogP contribution >= 0.6 is 0 Å². The number of aryl methyl sites for hydroxylation is 1. The lowest BCUT2D eigenvalue weighted by atomic mass is 10.0. The highest BCUT2D eigenvalue weighted by Gasteiger charge is 2.28. The molecule has 4 heterocycles. The third-order valence-electron chi connectivity index (χ3n) is 9.01. The van der Waals surface area contributed by atoms with Crippen LogP contribution in [-0.4, -0.2) is 76.3 Å². The van der Waals surface area contributed by atoms with E-state index in [1.807, 2.05) is 48.5 Å². The summed E-state index contributed by atoms with van der Waals surface area (Å²) in [5, 5.41) is 14.8. The molecule has 0 amide bonds. The first-order chi connectivity index (χ1) is 22.0. The molecule has 10 nitrogen and oxygen atoms in total. The molecule has 2 aliphatic rings. The Bertz CT molecular complexity index is 1960. The normalized spacial score (nSPS) is 18.8. The fourth-order valence-electron chi connectivity index (χ4n) is 6.64. The fraction of sp³-hybridized carbons (Fsp3) is 0.343. The first-order valence-electron chi connectivity index (χ1n) is 15.6. The highest BCUT2D eigenvalue weighted by Crippen LogP contribution is 2.32. The summed E-state index contributed by atoms with van der Waals surface area (Å²) in [5.74, 6) is 1.06. The molecule has 2 fully saturated rings. The Labute approximate surface area is 261 Å². The summed E-state index contributed by atoms with van der Waals surface area (Å²) in [7, 11) is 2.10. The van der Waals surface area contributed by atoms with Crippen LogP contribution in [0, 0.1) is 18.3 Å². The van der Waals surface area contributed by atoms with Crippen molar-refractivity contribution in [3.05, 3.63) is 82.6 Å². The van der Waals surface area contributed by atoms with Crippen molar-refractivity contribution in [2.75, 3.05) is 44.7 Å². The highest BCUT2D eigenvalue weighted by molar-refractivity contribution is 5.95. The van der Waals surface area contributed by atoms with Gasteiger partial charge in [-0.1, -0.05) is 60.7 Å². The number of nitrogens with zero attached hydrogens (tertiary/aromatic N) is 7. The molecule has 2 aromatic heterocycles. The number of ether oxygens (including phenoxy) is 1. The van der Waals surface area contributed by atoms with E-state index in [0.29, 0.717) is 49.8 Å². The Morgan fingerprint density at radius 3 is 2.60 bits per heavy atom. The molecule has 0 radical (unpaired) electrons. The highest BCUT2D eigenvalue weighted by atomic mass is 16.5. The second-order valence-corrected chi connectivity index (χ2v) is 12.0. The molecule has 3 aromatic carbocycles. The van der Waals surface area contributed by atoms with Gasteiger partial charge < -0.3 is 19.9 Å². The third kappa shape index (κ3) is 5.50. The summed E-state index contributed by atoms with van der Waals surface area (Å²) in [6.45, 7) is 5.40. The fourth-order valence-corrected chi connectivity index (χ4v) is 6.64. The molecular weight excluding hydrogens is 564 g/mol. The van der Waals surface area contributed by atoms with E-state index >= 15 is 0 Å². The molecule has 2 unspecified atom stereocenters. The van der Waals surface area contributed by atoms with E-state index in [0.717, 1.165) is 47.0 Å². The number of nitriles is 1. The number of hydrogen-bond acceptors (Lipinski definition) is 9. The van der Waals surface area contributed by atoms with Crippen LogP contribution in [-0.2, 0) is 0 Å². The van der Waals surface area contributed by atoms with Crippen LogP contribution in [0.3, 0.4) is 0 Å². The van der Waals surface area contributed by atoms with Gasteiger partial charge in [-0.05, 0) is 50.4 Å². The first-order valence-corrected chi connectivity index (χ1v) is 15.6. The maximum absolute atomic E-state index is 14.8. The third-order valence-corrected chi connectivity index (χ3v) is 9.01. The number of piperazine rings is 1. The lowest BCUT2D eigenvalue weighted by Crippen LogP contribution is -2.51. The number of rotatable bonds is 7. The van der Waals surface area contributed by atoms with Crippen LogP contribution in [0.25, 0.3) is 38.9 Å². The van der Waals surface area contributed by atoms with E-state index in [4.69, 9.17) is 19.7 Å². The molecule has 0 saturated carbocycles. The minimum absolute atomic E-state index is 0.0297. The van der Waals surface area contributed by atoms with Crippen LogP contribution in [0.15, 0.2) is 71.5 Å². The zero-order chi connectivity index (χ0) is 30.9. The van der Waals surface area contributed by atoms with Crippen molar-refractivity contribution < 1.29 is 4.74 Å². The van der Waals surface area contributed by atoms with Gasteiger partial charge in [0.2, 0.25) is 0 Å². The molecule has 1 N–H and O–H groups in total. The number of likely N-dealkylation sites (tertiary alicyclic amines) is 1. The van der Waals surface area contributed by atoms with Gasteiger partial charge in [-0.25, -0.2) is 4.98 Å². The van der Waals surface area contributed by atoms with Gasteiger partial charge >= 0.3 is 6.01 Å². The number of aromatic nitrogens is 4. The van der Waals surface area contributed by atoms with Crippen molar-refractivity contribution in [3.63, 3.8) is 0 Å². The quantitative estimate of drug-likeness (QED) is 0.289. The van der Waals surface area contributed by atoms with Gasteiger partial charge in [-0.2, -0.15) is 15.2 Å². The number of fused-ring (bicyclic) bond motifs is 2.